The first-order valence-corrected chi connectivity index (χ1v) is 5.69. The van der Waals surface area contributed by atoms with Gasteiger partial charge in [0.15, 0.2) is 5.78 Å². The SMILES string of the molecule is CC(=O)c1c2ccccc2cc2ccccc12. The molecule has 0 amide bonds. The molecule has 0 unspecified atom stereocenters. The molecule has 0 aliphatic heterocycles. The van der Waals surface area contributed by atoms with Gasteiger partial charge in [0.2, 0.25) is 0 Å². The van der Waals surface area contributed by atoms with Crippen LogP contribution in [0.15, 0.2) is 54.6 Å². The van der Waals surface area contributed by atoms with Gasteiger partial charge in [-0.05, 0) is 34.5 Å². The summed E-state index contributed by atoms with van der Waals surface area (Å²) >= 11 is 0. The summed E-state index contributed by atoms with van der Waals surface area (Å²) in [6.07, 6.45) is 0. The number of carbonyl (C=O) groups is 1. The van der Waals surface area contributed by atoms with Gasteiger partial charge in [-0.1, -0.05) is 48.5 Å². The highest BCUT2D eigenvalue weighted by Crippen LogP contribution is 2.28. The molecular weight excluding hydrogens is 208 g/mol. The minimum Gasteiger partial charge on any atom is -0.294 e. The second-order valence-electron chi connectivity index (χ2n) is 4.25. The Labute approximate surface area is 99.7 Å². The quantitative estimate of drug-likeness (QED) is 0.444. The average molecular weight is 220 g/mol. The van der Waals surface area contributed by atoms with Crippen molar-refractivity contribution in [2.45, 2.75) is 6.92 Å². The minimum atomic E-state index is 0.123. The molecule has 3 rings (SSSR count). The third kappa shape index (κ3) is 1.51. The van der Waals surface area contributed by atoms with Crippen LogP contribution in [0.3, 0.4) is 0 Å². The zero-order valence-corrected chi connectivity index (χ0v) is 9.60. The summed E-state index contributed by atoms with van der Waals surface area (Å²) in [5, 5.41) is 4.32. The van der Waals surface area contributed by atoms with Crippen LogP contribution < -0.4 is 0 Å². The normalized spacial score (nSPS) is 10.9. The number of fused-ring (bicyclic) bond motifs is 2. The van der Waals surface area contributed by atoms with Gasteiger partial charge in [-0.15, -0.1) is 0 Å². The molecule has 0 spiro atoms. The van der Waals surface area contributed by atoms with E-state index in [9.17, 15) is 4.79 Å². The molecule has 0 radical (unpaired) electrons. The maximum absolute atomic E-state index is 11.9. The van der Waals surface area contributed by atoms with Gasteiger partial charge >= 0.3 is 0 Å². The highest BCUT2D eigenvalue weighted by Gasteiger charge is 2.10. The summed E-state index contributed by atoms with van der Waals surface area (Å²) < 4.78 is 0. The van der Waals surface area contributed by atoms with Crippen LogP contribution in [0.1, 0.15) is 17.3 Å². The van der Waals surface area contributed by atoms with E-state index in [-0.39, 0.29) is 5.78 Å². The van der Waals surface area contributed by atoms with E-state index < -0.39 is 0 Å². The lowest BCUT2D eigenvalue weighted by Crippen LogP contribution is -1.95. The van der Waals surface area contributed by atoms with E-state index in [0.29, 0.717) is 0 Å². The largest absolute Gasteiger partial charge is 0.294 e. The zero-order valence-electron chi connectivity index (χ0n) is 9.60. The van der Waals surface area contributed by atoms with Gasteiger partial charge in [0.05, 0.1) is 0 Å². The fraction of sp³-hybridized carbons (Fsp3) is 0.0625. The monoisotopic (exact) mass is 220 g/mol. The second-order valence-corrected chi connectivity index (χ2v) is 4.25. The Balaban J connectivity index is 2.61. The third-order valence-corrected chi connectivity index (χ3v) is 3.12. The average Bonchev–Trinajstić information content (AvgIpc) is 2.35. The fourth-order valence-corrected chi connectivity index (χ4v) is 2.39. The predicted molar refractivity (Wildman–Crippen MR) is 71.5 cm³/mol. The molecule has 0 heterocycles. The van der Waals surface area contributed by atoms with Crippen molar-refractivity contribution >= 4 is 27.3 Å². The van der Waals surface area contributed by atoms with E-state index in [1.807, 2.05) is 48.5 Å². The molecular formula is C16H12O. The Morgan fingerprint density at radius 2 is 1.29 bits per heavy atom. The second kappa shape index (κ2) is 3.70. The fourth-order valence-electron chi connectivity index (χ4n) is 2.39. The van der Waals surface area contributed by atoms with Gasteiger partial charge in [0, 0.05) is 5.56 Å². The molecule has 17 heavy (non-hydrogen) atoms. The van der Waals surface area contributed by atoms with E-state index in [1.54, 1.807) is 6.92 Å². The molecule has 0 atom stereocenters. The topological polar surface area (TPSA) is 17.1 Å². The van der Waals surface area contributed by atoms with Crippen LogP contribution in [0.25, 0.3) is 21.5 Å². The number of ketones is 1. The summed E-state index contributed by atoms with van der Waals surface area (Å²) in [7, 11) is 0. The Hall–Kier alpha value is -2.15. The summed E-state index contributed by atoms with van der Waals surface area (Å²) in [5.74, 6) is 0.123. The van der Waals surface area contributed by atoms with E-state index in [2.05, 4.69) is 6.07 Å². The summed E-state index contributed by atoms with van der Waals surface area (Å²) in [5.41, 5.74) is 0.832. The minimum absolute atomic E-state index is 0.123. The van der Waals surface area contributed by atoms with Crippen LogP contribution in [0, 0.1) is 0 Å². The number of Topliss-reactive ketones (excluding diaryl/α,β-unsaturated/α-hetero) is 1. The van der Waals surface area contributed by atoms with E-state index in [1.165, 1.54) is 0 Å². The molecule has 0 saturated heterocycles. The number of rotatable bonds is 1. The molecule has 3 aromatic rings. The molecule has 0 bridgehead atoms. The molecule has 0 aliphatic rings. The van der Waals surface area contributed by atoms with Gasteiger partial charge in [0.25, 0.3) is 0 Å². The van der Waals surface area contributed by atoms with Gasteiger partial charge in [-0.3, -0.25) is 4.79 Å². The zero-order chi connectivity index (χ0) is 11.8. The molecule has 3 aromatic carbocycles. The van der Waals surface area contributed by atoms with Crippen LogP contribution in [-0.4, -0.2) is 5.78 Å². The highest BCUT2D eigenvalue weighted by atomic mass is 16.1. The maximum atomic E-state index is 11.9. The maximum Gasteiger partial charge on any atom is 0.161 e. The lowest BCUT2D eigenvalue weighted by molar-refractivity contribution is 0.102. The molecule has 0 saturated carbocycles. The Bertz CT molecular complexity index is 672. The van der Waals surface area contributed by atoms with Crippen molar-refractivity contribution in [3.63, 3.8) is 0 Å². The molecule has 1 nitrogen and oxygen atoms in total. The van der Waals surface area contributed by atoms with Crippen LogP contribution in [0.5, 0.6) is 0 Å². The van der Waals surface area contributed by atoms with Crippen molar-refractivity contribution in [1.29, 1.82) is 0 Å². The summed E-state index contributed by atoms with van der Waals surface area (Å²) in [4.78, 5) is 11.9. The molecule has 1 heteroatoms. The number of carbonyl (C=O) groups excluding carboxylic acids is 1. The Morgan fingerprint density at radius 1 is 0.824 bits per heavy atom. The lowest BCUT2D eigenvalue weighted by atomic mass is 9.95. The first-order chi connectivity index (χ1) is 8.27. The van der Waals surface area contributed by atoms with Crippen molar-refractivity contribution in [1.82, 2.24) is 0 Å². The van der Waals surface area contributed by atoms with Crippen molar-refractivity contribution in [2.24, 2.45) is 0 Å². The van der Waals surface area contributed by atoms with Crippen molar-refractivity contribution in [3.05, 3.63) is 60.2 Å². The lowest BCUT2D eigenvalue weighted by Gasteiger charge is -2.08. The molecule has 0 aromatic heterocycles. The Kier molecular flexibility index (Phi) is 2.19. The first kappa shape index (κ1) is 10.0. The standard InChI is InChI=1S/C16H12O/c1-11(17)16-14-8-4-2-6-12(14)10-13-7-3-5-9-15(13)16/h2-10H,1H3. The smallest absolute Gasteiger partial charge is 0.161 e. The number of benzene rings is 3. The number of hydrogen-bond donors (Lipinski definition) is 0. The molecule has 0 fully saturated rings. The van der Waals surface area contributed by atoms with E-state index in [4.69, 9.17) is 0 Å². The van der Waals surface area contributed by atoms with Crippen LogP contribution in [0.2, 0.25) is 0 Å². The Morgan fingerprint density at radius 3 is 1.76 bits per heavy atom. The summed E-state index contributed by atoms with van der Waals surface area (Å²) in [6.45, 7) is 1.63. The molecule has 0 aliphatic carbocycles. The van der Waals surface area contributed by atoms with E-state index >= 15 is 0 Å². The van der Waals surface area contributed by atoms with Gasteiger partial charge < -0.3 is 0 Å². The highest BCUT2D eigenvalue weighted by molar-refractivity contribution is 6.18. The third-order valence-electron chi connectivity index (χ3n) is 3.12. The molecule has 0 N–H and O–H groups in total. The van der Waals surface area contributed by atoms with E-state index in [0.717, 1.165) is 27.1 Å². The predicted octanol–water partition coefficient (Wildman–Crippen LogP) is 4.20. The van der Waals surface area contributed by atoms with Crippen molar-refractivity contribution in [2.75, 3.05) is 0 Å². The van der Waals surface area contributed by atoms with Crippen LogP contribution in [-0.2, 0) is 0 Å². The van der Waals surface area contributed by atoms with Crippen molar-refractivity contribution in [3.8, 4) is 0 Å². The van der Waals surface area contributed by atoms with Gasteiger partial charge in [-0.25, -0.2) is 0 Å². The number of hydrogen-bond acceptors (Lipinski definition) is 1. The first-order valence-electron chi connectivity index (χ1n) is 5.69. The summed E-state index contributed by atoms with van der Waals surface area (Å²) in [6, 6.07) is 18.2. The van der Waals surface area contributed by atoms with Gasteiger partial charge in [-0.2, -0.15) is 0 Å². The van der Waals surface area contributed by atoms with Crippen LogP contribution >= 0.6 is 0 Å². The van der Waals surface area contributed by atoms with Crippen LogP contribution in [0.4, 0.5) is 0 Å². The molecule has 82 valence electrons. The van der Waals surface area contributed by atoms with Crippen molar-refractivity contribution < 1.29 is 4.79 Å². The van der Waals surface area contributed by atoms with Gasteiger partial charge in [0.1, 0.15) is 0 Å².